The van der Waals surface area contributed by atoms with Crippen LogP contribution in [0.3, 0.4) is 0 Å². The predicted octanol–water partition coefficient (Wildman–Crippen LogP) is 2.58. The molecule has 1 aliphatic rings. The molecule has 2 aromatic carbocycles. The maximum absolute atomic E-state index is 12.9. The van der Waals surface area contributed by atoms with Gasteiger partial charge in [0, 0.05) is 38.4 Å². The number of carbonyl (C=O) groups excluding carboxylic acids is 1. The second-order valence-electron chi connectivity index (χ2n) is 6.09. The van der Waals surface area contributed by atoms with Crippen molar-refractivity contribution in [2.24, 2.45) is 0 Å². The monoisotopic (exact) mass is 327 g/mol. The molecule has 5 heteroatoms. The highest BCUT2D eigenvalue weighted by molar-refractivity contribution is 5.92. The first-order chi connectivity index (χ1) is 11.7. The minimum atomic E-state index is -0.201. The molecule has 0 saturated carbocycles. The van der Waals surface area contributed by atoms with Gasteiger partial charge in [-0.25, -0.2) is 4.39 Å². The molecule has 1 amide bonds. The van der Waals surface area contributed by atoms with Crippen molar-refractivity contribution in [3.05, 3.63) is 66.0 Å². The molecule has 0 radical (unpaired) electrons. The van der Waals surface area contributed by atoms with Gasteiger partial charge < -0.3 is 5.32 Å². The van der Waals surface area contributed by atoms with Crippen molar-refractivity contribution in [1.82, 2.24) is 9.80 Å². The van der Waals surface area contributed by atoms with Crippen molar-refractivity contribution in [3.8, 4) is 0 Å². The van der Waals surface area contributed by atoms with Gasteiger partial charge in [-0.3, -0.25) is 14.6 Å². The van der Waals surface area contributed by atoms with Gasteiger partial charge in [-0.15, -0.1) is 0 Å². The van der Waals surface area contributed by atoms with E-state index in [1.54, 1.807) is 0 Å². The fraction of sp³-hybridized carbons (Fsp3) is 0.316. The van der Waals surface area contributed by atoms with Crippen LogP contribution >= 0.6 is 0 Å². The Morgan fingerprint density at radius 2 is 1.54 bits per heavy atom. The van der Waals surface area contributed by atoms with Crippen LogP contribution in [0.1, 0.15) is 5.56 Å². The summed E-state index contributed by atoms with van der Waals surface area (Å²) in [6, 6.07) is 16.2. The number of carbonyl (C=O) groups is 1. The zero-order chi connectivity index (χ0) is 16.8. The SMILES string of the molecule is O=C(CN1CCN(Cc2ccc(F)cc2)CC1)Nc1ccccc1. The first-order valence-electron chi connectivity index (χ1n) is 8.23. The summed E-state index contributed by atoms with van der Waals surface area (Å²) in [6.07, 6.45) is 0. The number of rotatable bonds is 5. The molecule has 0 bridgehead atoms. The molecule has 0 spiro atoms. The molecule has 1 aliphatic heterocycles. The molecule has 1 saturated heterocycles. The van der Waals surface area contributed by atoms with E-state index in [9.17, 15) is 9.18 Å². The standard InChI is InChI=1S/C19H22FN3O/c20-17-8-6-16(7-9-17)14-22-10-12-23(13-11-22)15-19(24)21-18-4-2-1-3-5-18/h1-9H,10-15H2,(H,21,24). The van der Waals surface area contributed by atoms with Gasteiger partial charge in [0.2, 0.25) is 5.91 Å². The highest BCUT2D eigenvalue weighted by Gasteiger charge is 2.19. The summed E-state index contributed by atoms with van der Waals surface area (Å²) >= 11 is 0. The highest BCUT2D eigenvalue weighted by Crippen LogP contribution is 2.10. The zero-order valence-corrected chi connectivity index (χ0v) is 13.6. The van der Waals surface area contributed by atoms with E-state index in [-0.39, 0.29) is 11.7 Å². The average molecular weight is 327 g/mol. The number of para-hydroxylation sites is 1. The number of amides is 1. The second-order valence-corrected chi connectivity index (χ2v) is 6.09. The lowest BCUT2D eigenvalue weighted by Crippen LogP contribution is -2.48. The summed E-state index contributed by atoms with van der Waals surface area (Å²) in [5.41, 5.74) is 1.95. The quantitative estimate of drug-likeness (QED) is 0.917. The van der Waals surface area contributed by atoms with Gasteiger partial charge in [0.1, 0.15) is 5.82 Å². The number of piperazine rings is 1. The summed E-state index contributed by atoms with van der Waals surface area (Å²) in [5, 5.41) is 2.92. The largest absolute Gasteiger partial charge is 0.325 e. The Morgan fingerprint density at radius 1 is 0.917 bits per heavy atom. The van der Waals surface area contributed by atoms with Gasteiger partial charge in [0.25, 0.3) is 0 Å². The number of hydrogen-bond acceptors (Lipinski definition) is 3. The summed E-state index contributed by atoms with van der Waals surface area (Å²) in [7, 11) is 0. The molecule has 0 aromatic heterocycles. The van der Waals surface area contributed by atoms with Crippen molar-refractivity contribution in [2.75, 3.05) is 38.0 Å². The van der Waals surface area contributed by atoms with Crippen molar-refractivity contribution in [1.29, 1.82) is 0 Å². The number of hydrogen-bond donors (Lipinski definition) is 1. The number of nitrogens with zero attached hydrogens (tertiary/aromatic N) is 2. The van der Waals surface area contributed by atoms with Gasteiger partial charge in [0.05, 0.1) is 6.54 Å². The molecule has 3 rings (SSSR count). The van der Waals surface area contributed by atoms with Crippen LogP contribution < -0.4 is 5.32 Å². The molecule has 0 unspecified atom stereocenters. The minimum Gasteiger partial charge on any atom is -0.325 e. The summed E-state index contributed by atoms with van der Waals surface area (Å²) in [5.74, 6) is -0.179. The molecule has 0 atom stereocenters. The lowest BCUT2D eigenvalue weighted by molar-refractivity contribution is -0.117. The molecular formula is C19H22FN3O. The summed E-state index contributed by atoms with van der Waals surface area (Å²) in [6.45, 7) is 4.79. The van der Waals surface area contributed by atoms with Gasteiger partial charge in [-0.05, 0) is 29.8 Å². The molecule has 24 heavy (non-hydrogen) atoms. The molecule has 1 fully saturated rings. The lowest BCUT2D eigenvalue weighted by atomic mass is 10.2. The number of anilines is 1. The van der Waals surface area contributed by atoms with Gasteiger partial charge in [-0.2, -0.15) is 0 Å². The first kappa shape index (κ1) is 16.6. The van der Waals surface area contributed by atoms with Crippen LogP contribution in [0, 0.1) is 5.82 Å². The second kappa shape index (κ2) is 8.04. The van der Waals surface area contributed by atoms with Gasteiger partial charge in [0.15, 0.2) is 0 Å². The Balaban J connectivity index is 1.41. The molecule has 126 valence electrons. The van der Waals surface area contributed by atoms with Crippen LogP contribution in [0.15, 0.2) is 54.6 Å². The van der Waals surface area contributed by atoms with E-state index >= 15 is 0 Å². The van der Waals surface area contributed by atoms with E-state index in [4.69, 9.17) is 0 Å². The molecule has 2 aromatic rings. The molecular weight excluding hydrogens is 305 g/mol. The Bertz CT molecular complexity index is 652. The summed E-state index contributed by atoms with van der Waals surface area (Å²) in [4.78, 5) is 16.6. The molecule has 4 nitrogen and oxygen atoms in total. The van der Waals surface area contributed by atoms with Crippen molar-refractivity contribution >= 4 is 11.6 Å². The molecule has 0 aliphatic carbocycles. The minimum absolute atomic E-state index is 0.0215. The smallest absolute Gasteiger partial charge is 0.238 e. The summed E-state index contributed by atoms with van der Waals surface area (Å²) < 4.78 is 12.9. The fourth-order valence-electron chi connectivity index (χ4n) is 2.88. The molecule has 1 N–H and O–H groups in total. The number of benzene rings is 2. The van der Waals surface area contributed by atoms with Gasteiger partial charge >= 0.3 is 0 Å². The van der Waals surface area contributed by atoms with E-state index in [1.807, 2.05) is 42.5 Å². The van der Waals surface area contributed by atoms with Crippen LogP contribution in [0.4, 0.5) is 10.1 Å². The third kappa shape index (κ3) is 4.88. The normalized spacial score (nSPS) is 16.0. The van der Waals surface area contributed by atoms with E-state index in [2.05, 4.69) is 15.1 Å². The maximum Gasteiger partial charge on any atom is 0.238 e. The van der Waals surface area contributed by atoms with E-state index in [0.29, 0.717) is 6.54 Å². The first-order valence-corrected chi connectivity index (χ1v) is 8.23. The Kier molecular flexibility index (Phi) is 5.56. The number of nitrogens with one attached hydrogen (secondary N) is 1. The van der Waals surface area contributed by atoms with Crippen LogP contribution in [-0.2, 0) is 11.3 Å². The van der Waals surface area contributed by atoms with E-state index < -0.39 is 0 Å². The topological polar surface area (TPSA) is 35.6 Å². The van der Waals surface area contributed by atoms with E-state index in [1.165, 1.54) is 12.1 Å². The van der Waals surface area contributed by atoms with Crippen molar-refractivity contribution in [2.45, 2.75) is 6.54 Å². The fourth-order valence-corrected chi connectivity index (χ4v) is 2.88. The predicted molar refractivity (Wildman–Crippen MR) is 93.2 cm³/mol. The Hall–Kier alpha value is -2.24. The lowest BCUT2D eigenvalue weighted by Gasteiger charge is -2.34. The Labute approximate surface area is 141 Å². The van der Waals surface area contributed by atoms with Crippen LogP contribution in [0.25, 0.3) is 0 Å². The average Bonchev–Trinajstić information content (AvgIpc) is 2.59. The van der Waals surface area contributed by atoms with Crippen molar-refractivity contribution in [3.63, 3.8) is 0 Å². The molecule has 1 heterocycles. The van der Waals surface area contributed by atoms with Crippen molar-refractivity contribution < 1.29 is 9.18 Å². The van der Waals surface area contributed by atoms with Crippen LogP contribution in [0.5, 0.6) is 0 Å². The van der Waals surface area contributed by atoms with Crippen LogP contribution in [-0.4, -0.2) is 48.4 Å². The number of halogens is 1. The van der Waals surface area contributed by atoms with Gasteiger partial charge in [-0.1, -0.05) is 30.3 Å². The third-order valence-corrected chi connectivity index (χ3v) is 4.21. The van der Waals surface area contributed by atoms with Crippen LogP contribution in [0.2, 0.25) is 0 Å². The third-order valence-electron chi connectivity index (χ3n) is 4.21. The highest BCUT2D eigenvalue weighted by atomic mass is 19.1. The zero-order valence-electron chi connectivity index (χ0n) is 13.6. The van der Waals surface area contributed by atoms with E-state index in [0.717, 1.165) is 44.0 Å². The maximum atomic E-state index is 12.9. The Morgan fingerprint density at radius 3 is 2.21 bits per heavy atom.